The van der Waals surface area contributed by atoms with E-state index >= 15 is 0 Å². The summed E-state index contributed by atoms with van der Waals surface area (Å²) in [6.07, 6.45) is 0.533. The molecule has 0 bridgehead atoms. The standard InChI is InChI=1S/C11H8BrNO3/c1-2-16-11(15)8-4-3-7(5-13)9(6-14)10(8)12/h3-4,6H,2H2,1H3. The lowest BCUT2D eigenvalue weighted by molar-refractivity contribution is 0.0525. The Kier molecular flexibility index (Phi) is 4.20. The number of hydrogen-bond acceptors (Lipinski definition) is 4. The third kappa shape index (κ3) is 2.28. The molecule has 0 unspecified atom stereocenters. The summed E-state index contributed by atoms with van der Waals surface area (Å²) in [4.78, 5) is 22.3. The van der Waals surface area contributed by atoms with Crippen molar-refractivity contribution in [2.24, 2.45) is 0 Å². The van der Waals surface area contributed by atoms with Crippen molar-refractivity contribution in [3.63, 3.8) is 0 Å². The Bertz CT molecular complexity index is 477. The molecule has 0 fully saturated rings. The van der Waals surface area contributed by atoms with Gasteiger partial charge >= 0.3 is 5.97 Å². The zero-order chi connectivity index (χ0) is 12.1. The summed E-state index contributed by atoms with van der Waals surface area (Å²) < 4.78 is 5.11. The Morgan fingerprint density at radius 1 is 1.62 bits per heavy atom. The molecular formula is C11H8BrNO3. The molecule has 0 atom stereocenters. The molecule has 0 aliphatic heterocycles. The van der Waals surface area contributed by atoms with Crippen molar-refractivity contribution in [2.45, 2.75) is 6.92 Å². The highest BCUT2D eigenvalue weighted by Crippen LogP contribution is 2.24. The zero-order valence-corrected chi connectivity index (χ0v) is 10.1. The summed E-state index contributed by atoms with van der Waals surface area (Å²) in [5.41, 5.74) is 0.617. The molecule has 0 N–H and O–H groups in total. The monoisotopic (exact) mass is 281 g/mol. The lowest BCUT2D eigenvalue weighted by Gasteiger charge is -2.06. The van der Waals surface area contributed by atoms with Gasteiger partial charge in [-0.2, -0.15) is 5.26 Å². The molecule has 1 rings (SSSR count). The minimum atomic E-state index is -0.526. The summed E-state index contributed by atoms with van der Waals surface area (Å²) >= 11 is 3.12. The van der Waals surface area contributed by atoms with Gasteiger partial charge < -0.3 is 4.74 Å². The van der Waals surface area contributed by atoms with E-state index < -0.39 is 5.97 Å². The van der Waals surface area contributed by atoms with E-state index in [9.17, 15) is 9.59 Å². The lowest BCUT2D eigenvalue weighted by Crippen LogP contribution is -2.07. The van der Waals surface area contributed by atoms with Crippen LogP contribution in [0.25, 0.3) is 0 Å². The number of ether oxygens (including phenoxy) is 1. The highest BCUT2D eigenvalue weighted by Gasteiger charge is 2.16. The first-order valence-corrected chi connectivity index (χ1v) is 5.29. The van der Waals surface area contributed by atoms with Crippen LogP contribution >= 0.6 is 15.9 Å². The maximum absolute atomic E-state index is 11.5. The number of rotatable bonds is 3. The number of aldehydes is 1. The molecule has 0 spiro atoms. The van der Waals surface area contributed by atoms with Crippen molar-refractivity contribution in [3.8, 4) is 6.07 Å². The van der Waals surface area contributed by atoms with Crippen molar-refractivity contribution >= 4 is 28.2 Å². The van der Waals surface area contributed by atoms with Crippen LogP contribution in [0.1, 0.15) is 33.2 Å². The highest BCUT2D eigenvalue weighted by molar-refractivity contribution is 9.10. The molecule has 1 aromatic rings. The molecular weight excluding hydrogens is 274 g/mol. The predicted molar refractivity (Wildman–Crippen MR) is 60.2 cm³/mol. The van der Waals surface area contributed by atoms with Crippen LogP contribution in [0, 0.1) is 11.3 Å². The Balaban J connectivity index is 3.30. The zero-order valence-electron chi connectivity index (χ0n) is 8.49. The van der Waals surface area contributed by atoms with Crippen LogP contribution in [0.15, 0.2) is 16.6 Å². The highest BCUT2D eigenvalue weighted by atomic mass is 79.9. The molecule has 5 heteroatoms. The second-order valence-electron chi connectivity index (χ2n) is 2.84. The first-order valence-electron chi connectivity index (χ1n) is 4.50. The first kappa shape index (κ1) is 12.4. The SMILES string of the molecule is CCOC(=O)c1ccc(C#N)c(C=O)c1Br. The molecule has 4 nitrogen and oxygen atoms in total. The molecule has 1 aromatic carbocycles. The van der Waals surface area contributed by atoms with Gasteiger partial charge in [0, 0.05) is 10.0 Å². The Labute approximate surface area is 101 Å². The molecule has 0 aromatic heterocycles. The van der Waals surface area contributed by atoms with E-state index in [-0.39, 0.29) is 23.3 Å². The van der Waals surface area contributed by atoms with E-state index in [0.29, 0.717) is 10.8 Å². The van der Waals surface area contributed by atoms with Gasteiger partial charge in [-0.25, -0.2) is 4.79 Å². The summed E-state index contributed by atoms with van der Waals surface area (Å²) in [5.74, 6) is -0.526. The van der Waals surface area contributed by atoms with Crippen LogP contribution in [0.5, 0.6) is 0 Å². The van der Waals surface area contributed by atoms with E-state index in [2.05, 4.69) is 15.9 Å². The van der Waals surface area contributed by atoms with Gasteiger partial charge in [-0.15, -0.1) is 0 Å². The number of nitrogens with zero attached hydrogens (tertiary/aromatic N) is 1. The average Bonchev–Trinajstić information content (AvgIpc) is 2.28. The maximum atomic E-state index is 11.5. The second-order valence-corrected chi connectivity index (χ2v) is 3.63. The normalized spacial score (nSPS) is 9.31. The topological polar surface area (TPSA) is 67.2 Å². The number of nitriles is 1. The van der Waals surface area contributed by atoms with Gasteiger partial charge in [0.05, 0.1) is 23.8 Å². The molecule has 0 saturated carbocycles. The Morgan fingerprint density at radius 2 is 2.31 bits per heavy atom. The van der Waals surface area contributed by atoms with Crippen molar-refractivity contribution < 1.29 is 14.3 Å². The average molecular weight is 282 g/mol. The minimum Gasteiger partial charge on any atom is -0.462 e. The summed E-state index contributed by atoms with van der Waals surface area (Å²) in [7, 11) is 0. The van der Waals surface area contributed by atoms with Crippen molar-refractivity contribution in [1.82, 2.24) is 0 Å². The Morgan fingerprint density at radius 3 is 2.81 bits per heavy atom. The summed E-state index contributed by atoms with van der Waals surface area (Å²) in [5, 5.41) is 8.76. The third-order valence-electron chi connectivity index (χ3n) is 1.91. The molecule has 82 valence electrons. The van der Waals surface area contributed by atoms with E-state index in [1.807, 2.05) is 6.07 Å². The van der Waals surface area contributed by atoms with Gasteiger partial charge in [-0.3, -0.25) is 4.79 Å². The molecule has 16 heavy (non-hydrogen) atoms. The van der Waals surface area contributed by atoms with Gasteiger partial charge in [-0.05, 0) is 35.0 Å². The van der Waals surface area contributed by atoms with Gasteiger partial charge in [0.1, 0.15) is 0 Å². The smallest absolute Gasteiger partial charge is 0.339 e. The van der Waals surface area contributed by atoms with E-state index in [0.717, 1.165) is 0 Å². The number of esters is 1. The van der Waals surface area contributed by atoms with Crippen molar-refractivity contribution in [1.29, 1.82) is 5.26 Å². The Hall–Kier alpha value is -1.67. The largest absolute Gasteiger partial charge is 0.462 e. The molecule has 0 amide bonds. The second kappa shape index (κ2) is 5.42. The van der Waals surface area contributed by atoms with Crippen LogP contribution in [-0.4, -0.2) is 18.9 Å². The van der Waals surface area contributed by atoms with E-state index in [1.54, 1.807) is 6.92 Å². The van der Waals surface area contributed by atoms with Crippen LogP contribution in [0.4, 0.5) is 0 Å². The number of carbonyl (C=O) groups is 2. The fourth-order valence-electron chi connectivity index (χ4n) is 1.17. The van der Waals surface area contributed by atoms with E-state index in [4.69, 9.17) is 10.00 Å². The van der Waals surface area contributed by atoms with Gasteiger partial charge in [0.25, 0.3) is 0 Å². The van der Waals surface area contributed by atoms with Crippen molar-refractivity contribution in [3.05, 3.63) is 33.3 Å². The molecule has 0 heterocycles. The third-order valence-corrected chi connectivity index (χ3v) is 2.77. The fraction of sp³-hybridized carbons (Fsp3) is 0.182. The van der Waals surface area contributed by atoms with Gasteiger partial charge in [-0.1, -0.05) is 0 Å². The first-order chi connectivity index (χ1) is 7.65. The van der Waals surface area contributed by atoms with Crippen molar-refractivity contribution in [2.75, 3.05) is 6.61 Å². The summed E-state index contributed by atoms with van der Waals surface area (Å²) in [6, 6.07) is 4.74. The molecule has 0 saturated heterocycles. The van der Waals surface area contributed by atoms with Crippen LogP contribution in [0.2, 0.25) is 0 Å². The van der Waals surface area contributed by atoms with E-state index in [1.165, 1.54) is 12.1 Å². The summed E-state index contributed by atoms with van der Waals surface area (Å²) in [6.45, 7) is 1.94. The molecule has 0 aliphatic rings. The van der Waals surface area contributed by atoms with Crippen LogP contribution in [0.3, 0.4) is 0 Å². The number of halogens is 1. The van der Waals surface area contributed by atoms with Gasteiger partial charge in [0.2, 0.25) is 0 Å². The number of benzene rings is 1. The quantitative estimate of drug-likeness (QED) is 0.630. The van der Waals surface area contributed by atoms with Crippen LogP contribution in [-0.2, 0) is 4.74 Å². The maximum Gasteiger partial charge on any atom is 0.339 e. The fourth-order valence-corrected chi connectivity index (χ4v) is 1.77. The number of carbonyl (C=O) groups excluding carboxylic acids is 2. The van der Waals surface area contributed by atoms with Crippen LogP contribution < -0.4 is 0 Å². The van der Waals surface area contributed by atoms with Gasteiger partial charge in [0.15, 0.2) is 6.29 Å². The molecule has 0 radical (unpaired) electrons. The predicted octanol–water partition coefficient (Wildman–Crippen LogP) is 2.31. The molecule has 0 aliphatic carbocycles. The minimum absolute atomic E-state index is 0.160. The number of hydrogen-bond donors (Lipinski definition) is 0. The lowest BCUT2D eigenvalue weighted by atomic mass is 10.1.